The van der Waals surface area contributed by atoms with Gasteiger partial charge in [-0.1, -0.05) is 18.5 Å². The Morgan fingerprint density at radius 2 is 2.17 bits per heavy atom. The number of likely N-dealkylation sites (N-methyl/N-ethyl adjacent to an activating group) is 1. The highest BCUT2D eigenvalue weighted by atomic mass is 35.5. The molecule has 0 fully saturated rings. The molecule has 1 aromatic heterocycles. The zero-order valence-electron chi connectivity index (χ0n) is 10.3. The summed E-state index contributed by atoms with van der Waals surface area (Å²) in [4.78, 5) is 32.6. The van der Waals surface area contributed by atoms with Gasteiger partial charge < -0.3 is 10.2 Å². The molecule has 0 radical (unpaired) electrons. The summed E-state index contributed by atoms with van der Waals surface area (Å²) in [6.45, 7) is 2.39. The van der Waals surface area contributed by atoms with Crippen molar-refractivity contribution in [2.24, 2.45) is 0 Å². The third-order valence-corrected chi connectivity index (χ3v) is 2.40. The molecule has 0 aliphatic rings. The summed E-state index contributed by atoms with van der Waals surface area (Å²) in [5.41, 5.74) is 0.139. The first-order valence-electron chi connectivity index (χ1n) is 5.55. The van der Waals surface area contributed by atoms with Gasteiger partial charge in [-0.3, -0.25) is 14.6 Å². The highest BCUT2D eigenvalue weighted by Crippen LogP contribution is 2.06. The van der Waals surface area contributed by atoms with E-state index in [-0.39, 0.29) is 29.2 Å². The van der Waals surface area contributed by atoms with E-state index >= 15 is 0 Å². The summed E-state index contributed by atoms with van der Waals surface area (Å²) in [7, 11) is 1.52. The molecule has 0 aliphatic carbocycles. The average molecular weight is 271 g/mol. The van der Waals surface area contributed by atoms with Crippen molar-refractivity contribution in [3.05, 3.63) is 23.2 Å². The number of rotatable bonds is 5. The molecule has 7 heteroatoms. The van der Waals surface area contributed by atoms with Crippen molar-refractivity contribution in [3.8, 4) is 0 Å². The Morgan fingerprint density at radius 1 is 1.44 bits per heavy atom. The molecule has 1 heterocycles. The number of halogens is 1. The SMILES string of the molecule is CCCN(CC(=O)NC)C(=O)c1cncc(Cl)n1. The predicted octanol–water partition coefficient (Wildman–Crippen LogP) is 0.728. The maximum Gasteiger partial charge on any atom is 0.274 e. The fraction of sp³-hybridized carbons (Fsp3) is 0.455. The van der Waals surface area contributed by atoms with E-state index in [4.69, 9.17) is 11.6 Å². The van der Waals surface area contributed by atoms with E-state index in [1.165, 1.54) is 24.3 Å². The van der Waals surface area contributed by atoms with Gasteiger partial charge >= 0.3 is 0 Å². The standard InChI is InChI=1S/C11H15ClN4O2/c1-3-4-16(7-10(17)13-2)11(18)8-5-14-6-9(12)15-8/h5-6H,3-4,7H2,1-2H3,(H,13,17). The molecule has 0 unspecified atom stereocenters. The van der Waals surface area contributed by atoms with Crippen molar-refractivity contribution in [3.63, 3.8) is 0 Å². The molecule has 0 saturated carbocycles. The average Bonchev–Trinajstić information content (AvgIpc) is 2.37. The minimum absolute atomic E-state index is 0.00261. The Morgan fingerprint density at radius 3 is 2.72 bits per heavy atom. The molecule has 0 bridgehead atoms. The fourth-order valence-electron chi connectivity index (χ4n) is 1.38. The summed E-state index contributed by atoms with van der Waals surface area (Å²) < 4.78 is 0. The van der Waals surface area contributed by atoms with Crippen LogP contribution in [0.15, 0.2) is 12.4 Å². The van der Waals surface area contributed by atoms with E-state index in [1.54, 1.807) is 0 Å². The molecule has 0 saturated heterocycles. The molecule has 6 nitrogen and oxygen atoms in total. The lowest BCUT2D eigenvalue weighted by Gasteiger charge is -2.20. The Bertz CT molecular complexity index is 439. The second-order valence-corrected chi connectivity index (χ2v) is 4.01. The summed E-state index contributed by atoms with van der Waals surface area (Å²) in [6.07, 6.45) is 3.43. The van der Waals surface area contributed by atoms with Crippen LogP contribution >= 0.6 is 11.6 Å². The van der Waals surface area contributed by atoms with E-state index in [2.05, 4.69) is 15.3 Å². The summed E-state index contributed by atoms with van der Waals surface area (Å²) in [6, 6.07) is 0. The van der Waals surface area contributed by atoms with Crippen molar-refractivity contribution in [1.29, 1.82) is 0 Å². The number of hydrogen-bond acceptors (Lipinski definition) is 4. The lowest BCUT2D eigenvalue weighted by Crippen LogP contribution is -2.40. The third-order valence-electron chi connectivity index (χ3n) is 2.22. The third kappa shape index (κ3) is 3.96. The van der Waals surface area contributed by atoms with Gasteiger partial charge in [0.05, 0.1) is 18.9 Å². The highest BCUT2D eigenvalue weighted by molar-refractivity contribution is 6.29. The lowest BCUT2D eigenvalue weighted by atomic mass is 10.3. The van der Waals surface area contributed by atoms with Gasteiger partial charge in [-0.05, 0) is 6.42 Å². The first-order chi connectivity index (χ1) is 8.58. The van der Waals surface area contributed by atoms with E-state index in [0.717, 1.165) is 6.42 Å². The molecule has 0 atom stereocenters. The normalized spacial score (nSPS) is 9.94. The van der Waals surface area contributed by atoms with E-state index in [1.807, 2.05) is 6.92 Å². The quantitative estimate of drug-likeness (QED) is 0.856. The van der Waals surface area contributed by atoms with Crippen molar-refractivity contribution >= 4 is 23.4 Å². The van der Waals surface area contributed by atoms with Crippen LogP contribution in [-0.2, 0) is 4.79 Å². The Labute approximate surface area is 110 Å². The minimum Gasteiger partial charge on any atom is -0.358 e. The van der Waals surface area contributed by atoms with Crippen LogP contribution in [-0.4, -0.2) is 46.8 Å². The second kappa shape index (κ2) is 6.90. The zero-order valence-corrected chi connectivity index (χ0v) is 11.1. The lowest BCUT2D eigenvalue weighted by molar-refractivity contribution is -0.121. The second-order valence-electron chi connectivity index (χ2n) is 3.63. The number of aromatic nitrogens is 2. The Hall–Kier alpha value is -1.69. The first-order valence-corrected chi connectivity index (χ1v) is 5.93. The van der Waals surface area contributed by atoms with Gasteiger partial charge in [0.25, 0.3) is 5.91 Å². The molecule has 1 N–H and O–H groups in total. The van der Waals surface area contributed by atoms with Gasteiger partial charge in [-0.25, -0.2) is 4.98 Å². The molecule has 18 heavy (non-hydrogen) atoms. The maximum absolute atomic E-state index is 12.1. The minimum atomic E-state index is -0.351. The van der Waals surface area contributed by atoms with Gasteiger partial charge in [0.2, 0.25) is 5.91 Å². The van der Waals surface area contributed by atoms with Gasteiger partial charge in [0.1, 0.15) is 10.8 Å². The number of hydrogen-bond donors (Lipinski definition) is 1. The van der Waals surface area contributed by atoms with Crippen molar-refractivity contribution < 1.29 is 9.59 Å². The molecular formula is C11H15ClN4O2. The summed E-state index contributed by atoms with van der Waals surface area (Å²) >= 11 is 5.68. The van der Waals surface area contributed by atoms with Crippen molar-refractivity contribution in [2.45, 2.75) is 13.3 Å². The van der Waals surface area contributed by atoms with Gasteiger partial charge in [0, 0.05) is 13.6 Å². The predicted molar refractivity (Wildman–Crippen MR) is 67.3 cm³/mol. The van der Waals surface area contributed by atoms with Gasteiger partial charge in [-0.2, -0.15) is 0 Å². The Balaban J connectivity index is 2.85. The zero-order chi connectivity index (χ0) is 13.5. The molecule has 0 aliphatic heterocycles. The summed E-state index contributed by atoms with van der Waals surface area (Å²) in [5.74, 6) is -0.581. The van der Waals surface area contributed by atoms with E-state index < -0.39 is 0 Å². The topological polar surface area (TPSA) is 75.2 Å². The molecule has 1 aromatic rings. The molecule has 2 amide bonds. The first kappa shape index (κ1) is 14.4. The molecule has 0 aromatic carbocycles. The smallest absolute Gasteiger partial charge is 0.274 e. The summed E-state index contributed by atoms with van der Waals surface area (Å²) in [5, 5.41) is 2.63. The van der Waals surface area contributed by atoms with Crippen molar-refractivity contribution in [1.82, 2.24) is 20.2 Å². The number of carbonyl (C=O) groups is 2. The fourth-order valence-corrected chi connectivity index (χ4v) is 1.53. The van der Waals surface area contributed by atoms with Crippen LogP contribution in [0.25, 0.3) is 0 Å². The maximum atomic E-state index is 12.1. The van der Waals surface area contributed by atoms with Crippen LogP contribution < -0.4 is 5.32 Å². The van der Waals surface area contributed by atoms with Crippen LogP contribution in [0.3, 0.4) is 0 Å². The highest BCUT2D eigenvalue weighted by Gasteiger charge is 2.19. The van der Waals surface area contributed by atoms with Crippen LogP contribution in [0.5, 0.6) is 0 Å². The molecule has 1 rings (SSSR count). The molecular weight excluding hydrogens is 256 g/mol. The van der Waals surface area contributed by atoms with Crippen LogP contribution in [0.1, 0.15) is 23.8 Å². The van der Waals surface area contributed by atoms with Crippen LogP contribution in [0, 0.1) is 0 Å². The Kier molecular flexibility index (Phi) is 5.51. The van der Waals surface area contributed by atoms with Gasteiger partial charge in [0.15, 0.2) is 0 Å². The van der Waals surface area contributed by atoms with Crippen LogP contribution in [0.2, 0.25) is 5.15 Å². The van der Waals surface area contributed by atoms with Crippen molar-refractivity contribution in [2.75, 3.05) is 20.1 Å². The molecule has 98 valence electrons. The molecule has 0 spiro atoms. The number of carbonyl (C=O) groups excluding carboxylic acids is 2. The number of nitrogens with one attached hydrogen (secondary N) is 1. The van der Waals surface area contributed by atoms with E-state index in [9.17, 15) is 9.59 Å². The number of amides is 2. The van der Waals surface area contributed by atoms with Crippen LogP contribution in [0.4, 0.5) is 0 Å². The van der Waals surface area contributed by atoms with Gasteiger partial charge in [-0.15, -0.1) is 0 Å². The monoisotopic (exact) mass is 270 g/mol. The number of nitrogens with zero attached hydrogens (tertiary/aromatic N) is 3. The van der Waals surface area contributed by atoms with E-state index in [0.29, 0.717) is 6.54 Å². The largest absolute Gasteiger partial charge is 0.358 e.